The van der Waals surface area contributed by atoms with Crippen LogP contribution in [0.5, 0.6) is 0 Å². The van der Waals surface area contributed by atoms with Gasteiger partial charge in [-0.15, -0.1) is 0 Å². The summed E-state index contributed by atoms with van der Waals surface area (Å²) in [6.45, 7) is 22.9. The number of hydrogen-bond donors (Lipinski definition) is 0. The second-order valence-corrected chi connectivity index (χ2v) is 19.9. The maximum atomic E-state index is 6.73. The summed E-state index contributed by atoms with van der Waals surface area (Å²) in [6.07, 6.45) is 0. The number of furan rings is 1. The van der Waals surface area contributed by atoms with Crippen molar-refractivity contribution < 1.29 is 4.42 Å². The van der Waals surface area contributed by atoms with Crippen LogP contribution >= 0.6 is 0 Å². The lowest BCUT2D eigenvalue weighted by Crippen LogP contribution is -2.61. The molecule has 0 saturated carbocycles. The first-order valence-electron chi connectivity index (χ1n) is 21.2. The van der Waals surface area contributed by atoms with E-state index in [0.29, 0.717) is 0 Å². The number of rotatable bonds is 3. The van der Waals surface area contributed by atoms with E-state index in [2.05, 4.69) is 218 Å². The van der Waals surface area contributed by atoms with Gasteiger partial charge in [0.2, 0.25) is 0 Å². The molecule has 0 unspecified atom stereocenters. The van der Waals surface area contributed by atoms with E-state index >= 15 is 0 Å². The molecule has 7 aromatic carbocycles. The van der Waals surface area contributed by atoms with Crippen molar-refractivity contribution in [2.45, 2.75) is 85.5 Å². The Balaban J connectivity index is 1.37. The highest BCUT2D eigenvalue weighted by atomic mass is 16.3. The summed E-state index contributed by atoms with van der Waals surface area (Å²) in [7, 11) is 0. The zero-order chi connectivity index (χ0) is 41.2. The number of fused-ring (bicyclic) bond motifs is 8. The zero-order valence-corrected chi connectivity index (χ0v) is 36.2. The van der Waals surface area contributed by atoms with Crippen molar-refractivity contribution in [3.8, 4) is 22.3 Å². The van der Waals surface area contributed by atoms with Crippen molar-refractivity contribution >= 4 is 68.1 Å². The molecule has 2 aliphatic rings. The van der Waals surface area contributed by atoms with E-state index in [1.807, 2.05) is 0 Å². The summed E-state index contributed by atoms with van der Waals surface area (Å²) in [5, 5.41) is 2.31. The van der Waals surface area contributed by atoms with Crippen LogP contribution in [0.25, 0.3) is 44.2 Å². The van der Waals surface area contributed by atoms with Crippen molar-refractivity contribution in [2.24, 2.45) is 0 Å². The quantitative estimate of drug-likeness (QED) is 0.167. The van der Waals surface area contributed by atoms with Gasteiger partial charge in [-0.25, -0.2) is 0 Å². The summed E-state index contributed by atoms with van der Waals surface area (Å²) in [6, 6.07) is 52.6. The van der Waals surface area contributed by atoms with Crippen LogP contribution in [0.2, 0.25) is 0 Å². The Kier molecular flexibility index (Phi) is 8.22. The maximum Gasteiger partial charge on any atom is 0.333 e. The fourth-order valence-electron chi connectivity index (χ4n) is 9.59. The third-order valence-corrected chi connectivity index (χ3v) is 12.8. The number of anilines is 5. The standard InChI is InChI=1S/C55H53BN2O/c1-34-30-43-42-33-38(55(8,9)10)23-27-45(42)58(39-24-20-36(21-25-39)53(2,3)4)56-51(43)47(31-34)57(46-28-29-49-50(52(46)56)40-18-14-15-19-48(40)59-49)44-26-22-37(54(5,6)7)32-41(44)35-16-12-11-13-17-35/h11-33H,1-10H3. The molecule has 0 N–H and O–H groups in total. The van der Waals surface area contributed by atoms with Gasteiger partial charge in [0.1, 0.15) is 11.2 Å². The highest BCUT2D eigenvalue weighted by Gasteiger charge is 2.47. The lowest BCUT2D eigenvalue weighted by Gasteiger charge is -2.46. The zero-order valence-electron chi connectivity index (χ0n) is 36.2. The third kappa shape index (κ3) is 5.94. The number of nitrogens with zero attached hydrogens (tertiary/aromatic N) is 2. The molecule has 0 bridgehead atoms. The van der Waals surface area contributed by atoms with Gasteiger partial charge >= 0.3 is 6.85 Å². The van der Waals surface area contributed by atoms with Gasteiger partial charge in [0.15, 0.2) is 0 Å². The molecule has 2 aliphatic heterocycles. The Morgan fingerprint density at radius 1 is 0.458 bits per heavy atom. The van der Waals surface area contributed by atoms with Crippen molar-refractivity contribution in [3.63, 3.8) is 0 Å². The second kappa shape index (κ2) is 13.0. The first kappa shape index (κ1) is 37.3. The molecule has 0 fully saturated rings. The normalized spacial score (nSPS) is 13.8. The van der Waals surface area contributed by atoms with Crippen LogP contribution in [0.4, 0.5) is 28.4 Å². The van der Waals surface area contributed by atoms with Crippen molar-refractivity contribution in [2.75, 3.05) is 9.71 Å². The second-order valence-electron chi connectivity index (χ2n) is 19.9. The summed E-state index contributed by atoms with van der Waals surface area (Å²) < 4.78 is 6.73. The average Bonchev–Trinajstić information content (AvgIpc) is 3.59. The third-order valence-electron chi connectivity index (χ3n) is 12.8. The largest absolute Gasteiger partial charge is 0.456 e. The van der Waals surface area contributed by atoms with Gasteiger partial charge in [0, 0.05) is 44.6 Å². The Morgan fingerprint density at radius 2 is 1.05 bits per heavy atom. The average molecular weight is 769 g/mol. The Hall–Kier alpha value is -6.00. The smallest absolute Gasteiger partial charge is 0.333 e. The van der Waals surface area contributed by atoms with Gasteiger partial charge in [0.25, 0.3) is 0 Å². The molecule has 4 heteroatoms. The predicted octanol–water partition coefficient (Wildman–Crippen LogP) is 14.2. The summed E-state index contributed by atoms with van der Waals surface area (Å²) in [4.78, 5) is 5.21. The molecule has 3 heterocycles. The molecule has 0 spiro atoms. The van der Waals surface area contributed by atoms with Gasteiger partial charge in [-0.05, 0) is 128 Å². The van der Waals surface area contributed by atoms with Crippen molar-refractivity contribution in [1.29, 1.82) is 0 Å². The maximum absolute atomic E-state index is 6.73. The van der Waals surface area contributed by atoms with Crippen molar-refractivity contribution in [3.05, 3.63) is 162 Å². The van der Waals surface area contributed by atoms with Crippen LogP contribution in [0.3, 0.4) is 0 Å². The highest BCUT2D eigenvalue weighted by molar-refractivity contribution is 6.95. The Labute approximate surface area is 350 Å². The fourth-order valence-corrected chi connectivity index (χ4v) is 9.59. The fraction of sp³-hybridized carbons (Fsp3) is 0.236. The highest BCUT2D eigenvalue weighted by Crippen LogP contribution is 2.51. The Morgan fingerprint density at radius 3 is 1.73 bits per heavy atom. The summed E-state index contributed by atoms with van der Waals surface area (Å²) in [5.74, 6) is 0. The van der Waals surface area contributed by atoms with Crippen molar-refractivity contribution in [1.82, 2.24) is 0 Å². The molecule has 3 nitrogen and oxygen atoms in total. The van der Waals surface area contributed by atoms with E-state index in [9.17, 15) is 0 Å². The van der Waals surface area contributed by atoms with E-state index in [1.54, 1.807) is 0 Å². The molecular weight excluding hydrogens is 715 g/mol. The van der Waals surface area contributed by atoms with E-state index < -0.39 is 0 Å². The summed E-state index contributed by atoms with van der Waals surface area (Å²) in [5.41, 5.74) is 20.5. The summed E-state index contributed by atoms with van der Waals surface area (Å²) >= 11 is 0. The molecule has 59 heavy (non-hydrogen) atoms. The number of benzene rings is 7. The molecule has 0 aliphatic carbocycles. The van der Waals surface area contributed by atoms with Gasteiger partial charge in [-0.2, -0.15) is 0 Å². The monoisotopic (exact) mass is 768 g/mol. The first-order valence-corrected chi connectivity index (χ1v) is 21.2. The Bertz CT molecular complexity index is 2950. The molecule has 292 valence electrons. The molecule has 0 amide bonds. The van der Waals surface area contributed by atoms with Crippen LogP contribution in [0.15, 0.2) is 144 Å². The van der Waals surface area contributed by atoms with E-state index in [-0.39, 0.29) is 23.1 Å². The lowest BCUT2D eigenvalue weighted by atomic mass is 9.42. The topological polar surface area (TPSA) is 19.6 Å². The molecule has 8 aromatic rings. The lowest BCUT2D eigenvalue weighted by molar-refractivity contribution is 0.590. The van der Waals surface area contributed by atoms with Crippen LogP contribution in [-0.4, -0.2) is 6.85 Å². The minimum Gasteiger partial charge on any atom is -0.456 e. The van der Waals surface area contributed by atoms with Gasteiger partial charge in [0.05, 0.1) is 5.69 Å². The molecule has 10 rings (SSSR count). The molecule has 0 saturated heterocycles. The van der Waals surface area contributed by atoms with Crippen LogP contribution in [-0.2, 0) is 16.2 Å². The first-order chi connectivity index (χ1) is 28.1. The van der Waals surface area contributed by atoms with E-state index in [1.165, 1.54) is 89.3 Å². The SMILES string of the molecule is Cc1cc2c3c(c1)N(c1ccc(C(C)(C)C)cc1-c1ccccc1)c1ccc4oc5ccccc5c4c1B3N(c1ccc(C(C)(C)C)cc1)c1ccc(C(C)(C)C)cc1-2. The van der Waals surface area contributed by atoms with E-state index in [4.69, 9.17) is 4.42 Å². The van der Waals surface area contributed by atoms with E-state index in [0.717, 1.165) is 16.6 Å². The molecule has 0 radical (unpaired) electrons. The van der Waals surface area contributed by atoms with Crippen LogP contribution < -0.4 is 20.6 Å². The van der Waals surface area contributed by atoms with Gasteiger partial charge < -0.3 is 14.1 Å². The van der Waals surface area contributed by atoms with Gasteiger partial charge in [-0.1, -0.05) is 141 Å². The predicted molar refractivity (Wildman–Crippen MR) is 254 cm³/mol. The van der Waals surface area contributed by atoms with Gasteiger partial charge in [-0.3, -0.25) is 0 Å². The minimum absolute atomic E-state index is 0.0190. The molecule has 1 aromatic heterocycles. The van der Waals surface area contributed by atoms with Crippen LogP contribution in [0, 0.1) is 6.92 Å². The molecule has 0 atom stereocenters. The minimum atomic E-state index is -0.140. The number of para-hydroxylation sites is 1. The molecular formula is C55H53BN2O. The van der Waals surface area contributed by atoms with Crippen LogP contribution in [0.1, 0.15) is 84.6 Å². The number of aryl methyl sites for hydroxylation is 1. The number of hydrogen-bond acceptors (Lipinski definition) is 3.